The molecule has 2 rings (SSSR count). The summed E-state index contributed by atoms with van der Waals surface area (Å²) in [5.74, 6) is -0.180. The first-order valence-electron chi connectivity index (χ1n) is 6.11. The highest BCUT2D eigenvalue weighted by Gasteiger charge is 2.08. The molecule has 0 N–H and O–H groups in total. The van der Waals surface area contributed by atoms with E-state index in [4.69, 9.17) is 4.74 Å². The molecule has 4 heteroatoms. The quantitative estimate of drug-likeness (QED) is 0.622. The highest BCUT2D eigenvalue weighted by atomic mass is 79.9. The zero-order valence-electron chi connectivity index (χ0n) is 10.4. The van der Waals surface area contributed by atoms with Gasteiger partial charge in [-0.3, -0.25) is 4.79 Å². The fraction of sp³-hybridized carbons (Fsp3) is 0.357. The summed E-state index contributed by atoms with van der Waals surface area (Å²) in [4.78, 5) is 11.7. The Balaban J connectivity index is 2.08. The first-order chi connectivity index (χ1) is 8.72. The summed E-state index contributed by atoms with van der Waals surface area (Å²) < 4.78 is 8.11. The van der Waals surface area contributed by atoms with Gasteiger partial charge in [-0.05, 0) is 24.6 Å². The Kier molecular flexibility index (Phi) is 4.42. The molecule has 0 aliphatic heterocycles. The number of hydrogen-bond donors (Lipinski definition) is 0. The van der Waals surface area contributed by atoms with Crippen molar-refractivity contribution in [2.75, 3.05) is 6.61 Å². The molecule has 96 valence electrons. The monoisotopic (exact) mass is 309 g/mol. The van der Waals surface area contributed by atoms with Crippen LogP contribution in [0, 0.1) is 0 Å². The molecule has 1 heterocycles. The first-order valence-corrected chi connectivity index (χ1v) is 6.90. The van der Waals surface area contributed by atoms with Crippen LogP contribution in [0.25, 0.3) is 10.9 Å². The SMILES string of the molecule is CCCCOC(=O)Cn1ccc2c(Br)cccc21. The Hall–Kier alpha value is -1.29. The number of aromatic nitrogens is 1. The predicted octanol–water partition coefficient (Wildman–Crippen LogP) is 3.75. The van der Waals surface area contributed by atoms with Crippen LogP contribution in [0.1, 0.15) is 19.8 Å². The molecule has 0 radical (unpaired) electrons. The normalized spacial score (nSPS) is 10.8. The van der Waals surface area contributed by atoms with Gasteiger partial charge in [0, 0.05) is 21.6 Å². The summed E-state index contributed by atoms with van der Waals surface area (Å²) in [6.45, 7) is 2.85. The number of ether oxygens (including phenoxy) is 1. The molecule has 3 nitrogen and oxygen atoms in total. The Morgan fingerprint density at radius 3 is 3.00 bits per heavy atom. The largest absolute Gasteiger partial charge is 0.464 e. The number of carbonyl (C=O) groups is 1. The Morgan fingerprint density at radius 2 is 2.22 bits per heavy atom. The summed E-state index contributed by atoms with van der Waals surface area (Å²) in [6.07, 6.45) is 3.87. The molecular formula is C14H16BrNO2. The molecule has 0 bridgehead atoms. The number of halogens is 1. The number of benzene rings is 1. The molecule has 0 atom stereocenters. The van der Waals surface area contributed by atoms with E-state index < -0.39 is 0 Å². The van der Waals surface area contributed by atoms with E-state index in [1.807, 2.05) is 35.0 Å². The second-order valence-electron chi connectivity index (χ2n) is 4.19. The molecule has 0 spiro atoms. The maximum Gasteiger partial charge on any atom is 0.325 e. The smallest absolute Gasteiger partial charge is 0.325 e. The minimum atomic E-state index is -0.180. The van der Waals surface area contributed by atoms with E-state index in [-0.39, 0.29) is 12.5 Å². The summed E-state index contributed by atoms with van der Waals surface area (Å²) in [7, 11) is 0. The van der Waals surface area contributed by atoms with Gasteiger partial charge in [-0.15, -0.1) is 0 Å². The number of rotatable bonds is 5. The molecule has 0 aliphatic rings. The van der Waals surface area contributed by atoms with Crippen molar-refractivity contribution in [2.24, 2.45) is 0 Å². The van der Waals surface area contributed by atoms with E-state index in [0.717, 1.165) is 28.2 Å². The average molecular weight is 310 g/mol. The Labute approximate surface area is 115 Å². The van der Waals surface area contributed by atoms with Crippen molar-refractivity contribution in [1.29, 1.82) is 0 Å². The van der Waals surface area contributed by atoms with Crippen LogP contribution in [-0.4, -0.2) is 17.1 Å². The van der Waals surface area contributed by atoms with Crippen molar-refractivity contribution < 1.29 is 9.53 Å². The minimum absolute atomic E-state index is 0.180. The maximum atomic E-state index is 11.7. The Morgan fingerprint density at radius 1 is 1.39 bits per heavy atom. The number of carbonyl (C=O) groups excluding carboxylic acids is 1. The fourth-order valence-corrected chi connectivity index (χ4v) is 2.33. The van der Waals surface area contributed by atoms with E-state index in [2.05, 4.69) is 22.9 Å². The van der Waals surface area contributed by atoms with Gasteiger partial charge in [-0.25, -0.2) is 0 Å². The summed E-state index contributed by atoms with van der Waals surface area (Å²) in [5.41, 5.74) is 1.04. The molecule has 0 fully saturated rings. The second kappa shape index (κ2) is 6.05. The van der Waals surface area contributed by atoms with E-state index in [9.17, 15) is 4.79 Å². The van der Waals surface area contributed by atoms with Crippen LogP contribution in [0.5, 0.6) is 0 Å². The molecule has 1 aromatic carbocycles. The summed E-state index contributed by atoms with van der Waals surface area (Å²) in [5, 5.41) is 1.11. The topological polar surface area (TPSA) is 31.2 Å². The highest BCUT2D eigenvalue weighted by Crippen LogP contribution is 2.24. The molecule has 2 aromatic rings. The predicted molar refractivity (Wildman–Crippen MR) is 75.5 cm³/mol. The van der Waals surface area contributed by atoms with Crippen LogP contribution < -0.4 is 0 Å². The maximum absolute atomic E-state index is 11.7. The lowest BCUT2D eigenvalue weighted by molar-refractivity contribution is -0.144. The van der Waals surface area contributed by atoms with Crippen molar-refractivity contribution >= 4 is 32.8 Å². The molecule has 0 saturated carbocycles. The molecule has 1 aromatic heterocycles. The van der Waals surface area contributed by atoms with Crippen molar-refractivity contribution in [3.05, 3.63) is 34.9 Å². The van der Waals surface area contributed by atoms with E-state index >= 15 is 0 Å². The number of esters is 1. The van der Waals surface area contributed by atoms with Gasteiger partial charge >= 0.3 is 5.97 Å². The third-order valence-electron chi connectivity index (χ3n) is 2.82. The third kappa shape index (κ3) is 2.93. The van der Waals surface area contributed by atoms with Crippen molar-refractivity contribution in [3.63, 3.8) is 0 Å². The lowest BCUT2D eigenvalue weighted by atomic mass is 10.2. The highest BCUT2D eigenvalue weighted by molar-refractivity contribution is 9.10. The van der Waals surface area contributed by atoms with Gasteiger partial charge in [-0.1, -0.05) is 35.3 Å². The zero-order chi connectivity index (χ0) is 13.0. The fourth-order valence-electron chi connectivity index (χ4n) is 1.84. The van der Waals surface area contributed by atoms with Crippen LogP contribution in [0.4, 0.5) is 0 Å². The molecule has 0 amide bonds. The van der Waals surface area contributed by atoms with Gasteiger partial charge in [0.05, 0.1) is 6.61 Å². The summed E-state index contributed by atoms with van der Waals surface area (Å²) >= 11 is 3.50. The van der Waals surface area contributed by atoms with Gasteiger partial charge in [0.15, 0.2) is 0 Å². The molecule has 0 unspecified atom stereocenters. The summed E-state index contributed by atoms with van der Waals surface area (Å²) in [6, 6.07) is 7.95. The number of nitrogens with zero attached hydrogens (tertiary/aromatic N) is 1. The van der Waals surface area contributed by atoms with Crippen LogP contribution in [-0.2, 0) is 16.1 Å². The number of hydrogen-bond acceptors (Lipinski definition) is 2. The van der Waals surface area contributed by atoms with Gasteiger partial charge in [0.2, 0.25) is 0 Å². The van der Waals surface area contributed by atoms with Gasteiger partial charge in [-0.2, -0.15) is 0 Å². The Bertz CT molecular complexity index is 548. The van der Waals surface area contributed by atoms with Gasteiger partial charge < -0.3 is 9.30 Å². The molecule has 0 aliphatic carbocycles. The number of unbranched alkanes of at least 4 members (excludes halogenated alkanes) is 1. The zero-order valence-corrected chi connectivity index (χ0v) is 11.9. The van der Waals surface area contributed by atoms with E-state index in [1.54, 1.807) is 0 Å². The van der Waals surface area contributed by atoms with E-state index in [0.29, 0.717) is 6.61 Å². The van der Waals surface area contributed by atoms with Crippen LogP contribution in [0.2, 0.25) is 0 Å². The van der Waals surface area contributed by atoms with Crippen molar-refractivity contribution in [2.45, 2.75) is 26.3 Å². The average Bonchev–Trinajstić information content (AvgIpc) is 2.74. The standard InChI is InChI=1S/C14H16BrNO2/c1-2-3-9-18-14(17)10-16-8-7-11-12(15)5-4-6-13(11)16/h4-8H,2-3,9-10H2,1H3. The first kappa shape index (κ1) is 13.1. The molecule has 18 heavy (non-hydrogen) atoms. The molecule has 0 saturated heterocycles. The van der Waals surface area contributed by atoms with Gasteiger partial charge in [0.1, 0.15) is 6.54 Å². The molecular weight excluding hydrogens is 294 g/mol. The lowest BCUT2D eigenvalue weighted by Crippen LogP contribution is -2.13. The number of fused-ring (bicyclic) bond motifs is 1. The van der Waals surface area contributed by atoms with Gasteiger partial charge in [0.25, 0.3) is 0 Å². The lowest BCUT2D eigenvalue weighted by Gasteiger charge is -2.06. The second-order valence-corrected chi connectivity index (χ2v) is 5.04. The van der Waals surface area contributed by atoms with Crippen LogP contribution in [0.15, 0.2) is 34.9 Å². The van der Waals surface area contributed by atoms with Crippen LogP contribution >= 0.6 is 15.9 Å². The third-order valence-corrected chi connectivity index (χ3v) is 3.51. The van der Waals surface area contributed by atoms with E-state index in [1.165, 1.54) is 0 Å². The van der Waals surface area contributed by atoms with Crippen LogP contribution in [0.3, 0.4) is 0 Å². The van der Waals surface area contributed by atoms with Crippen molar-refractivity contribution in [3.8, 4) is 0 Å². The minimum Gasteiger partial charge on any atom is -0.464 e. The van der Waals surface area contributed by atoms with Crippen molar-refractivity contribution in [1.82, 2.24) is 4.57 Å².